The molecule has 0 unspecified atom stereocenters. The predicted octanol–water partition coefficient (Wildman–Crippen LogP) is 0.683. The number of rotatable bonds is 3. The van der Waals surface area contributed by atoms with E-state index in [1.165, 1.54) is 0 Å². The summed E-state index contributed by atoms with van der Waals surface area (Å²) in [5, 5.41) is 4.17. The fraction of sp³-hybridized carbons (Fsp3) is 0.300. The van der Waals surface area contributed by atoms with E-state index in [0.717, 1.165) is 17.7 Å². The molecular weight excluding hydrogens is 190 g/mol. The minimum absolute atomic E-state index is 0.458. The number of hydrogen-bond donors (Lipinski definition) is 1. The summed E-state index contributed by atoms with van der Waals surface area (Å²) in [5.41, 5.74) is 7.49. The first kappa shape index (κ1) is 9.79. The molecule has 15 heavy (non-hydrogen) atoms. The van der Waals surface area contributed by atoms with Gasteiger partial charge in [0.25, 0.3) is 5.95 Å². The zero-order chi connectivity index (χ0) is 10.7. The van der Waals surface area contributed by atoms with E-state index in [1.807, 2.05) is 6.07 Å². The molecule has 0 spiro atoms. The second kappa shape index (κ2) is 4.18. The lowest BCUT2D eigenvalue weighted by molar-refractivity contribution is 0.756. The summed E-state index contributed by atoms with van der Waals surface area (Å²) in [7, 11) is 0. The Kier molecular flexibility index (Phi) is 2.73. The molecule has 0 aliphatic rings. The number of aromatic nitrogens is 4. The van der Waals surface area contributed by atoms with E-state index in [-0.39, 0.29) is 0 Å². The van der Waals surface area contributed by atoms with Crippen molar-refractivity contribution in [3.05, 3.63) is 35.9 Å². The van der Waals surface area contributed by atoms with E-state index < -0.39 is 0 Å². The molecule has 0 saturated carbocycles. The zero-order valence-electron chi connectivity index (χ0n) is 8.59. The zero-order valence-corrected chi connectivity index (χ0v) is 8.59. The van der Waals surface area contributed by atoms with Crippen molar-refractivity contribution in [2.75, 3.05) is 0 Å². The lowest BCUT2D eigenvalue weighted by Crippen LogP contribution is -2.07. The van der Waals surface area contributed by atoms with Gasteiger partial charge >= 0.3 is 0 Å². The first-order chi connectivity index (χ1) is 7.35. The van der Waals surface area contributed by atoms with Gasteiger partial charge in [-0.05, 0) is 12.5 Å². The third-order valence-electron chi connectivity index (χ3n) is 2.20. The van der Waals surface area contributed by atoms with Gasteiger partial charge in [0, 0.05) is 36.4 Å². The van der Waals surface area contributed by atoms with Gasteiger partial charge in [0.2, 0.25) is 0 Å². The SMILES string of the molecule is CCc1ccnn1-c1ncc(CN)cn1. The van der Waals surface area contributed by atoms with Gasteiger partial charge in [-0.1, -0.05) is 6.92 Å². The second-order valence-electron chi connectivity index (χ2n) is 3.18. The molecule has 78 valence electrons. The van der Waals surface area contributed by atoms with Gasteiger partial charge in [-0.25, -0.2) is 14.6 Å². The Hall–Kier alpha value is -1.75. The van der Waals surface area contributed by atoms with E-state index >= 15 is 0 Å². The van der Waals surface area contributed by atoms with Crippen molar-refractivity contribution in [1.29, 1.82) is 0 Å². The summed E-state index contributed by atoms with van der Waals surface area (Å²) < 4.78 is 1.74. The highest BCUT2D eigenvalue weighted by molar-refractivity contribution is 5.17. The molecule has 0 aromatic carbocycles. The van der Waals surface area contributed by atoms with Crippen molar-refractivity contribution < 1.29 is 0 Å². The molecule has 0 aliphatic carbocycles. The minimum atomic E-state index is 0.458. The van der Waals surface area contributed by atoms with Crippen LogP contribution in [0.25, 0.3) is 5.95 Å². The van der Waals surface area contributed by atoms with E-state index in [4.69, 9.17) is 5.73 Å². The maximum Gasteiger partial charge on any atom is 0.250 e. The monoisotopic (exact) mass is 203 g/mol. The molecule has 0 amide bonds. The lowest BCUT2D eigenvalue weighted by Gasteiger charge is -2.03. The van der Waals surface area contributed by atoms with Crippen LogP contribution in [0.15, 0.2) is 24.7 Å². The van der Waals surface area contributed by atoms with Crippen LogP contribution in [0.3, 0.4) is 0 Å². The summed E-state index contributed by atoms with van der Waals surface area (Å²) >= 11 is 0. The van der Waals surface area contributed by atoms with Crippen LogP contribution in [0.2, 0.25) is 0 Å². The number of hydrogen-bond acceptors (Lipinski definition) is 4. The molecule has 0 radical (unpaired) electrons. The Bertz CT molecular complexity index is 431. The fourth-order valence-corrected chi connectivity index (χ4v) is 1.34. The molecule has 5 nitrogen and oxygen atoms in total. The third-order valence-corrected chi connectivity index (χ3v) is 2.20. The lowest BCUT2D eigenvalue weighted by atomic mass is 10.3. The normalized spacial score (nSPS) is 10.5. The van der Waals surface area contributed by atoms with Crippen LogP contribution in [0, 0.1) is 0 Å². The summed E-state index contributed by atoms with van der Waals surface area (Å²) in [4.78, 5) is 8.42. The first-order valence-corrected chi connectivity index (χ1v) is 4.89. The summed E-state index contributed by atoms with van der Waals surface area (Å²) in [6, 6.07) is 1.96. The van der Waals surface area contributed by atoms with Crippen LogP contribution in [-0.4, -0.2) is 19.7 Å². The summed E-state index contributed by atoms with van der Waals surface area (Å²) in [6.45, 7) is 2.53. The Balaban J connectivity index is 2.37. The predicted molar refractivity (Wildman–Crippen MR) is 56.4 cm³/mol. The van der Waals surface area contributed by atoms with Gasteiger partial charge in [0.15, 0.2) is 0 Å². The number of nitrogens with zero attached hydrogens (tertiary/aromatic N) is 4. The smallest absolute Gasteiger partial charge is 0.250 e. The largest absolute Gasteiger partial charge is 0.326 e. The van der Waals surface area contributed by atoms with E-state index in [2.05, 4.69) is 22.0 Å². The molecule has 0 atom stereocenters. The molecule has 0 aliphatic heterocycles. The van der Waals surface area contributed by atoms with Gasteiger partial charge < -0.3 is 5.73 Å². The van der Waals surface area contributed by atoms with Gasteiger partial charge in [0.1, 0.15) is 0 Å². The van der Waals surface area contributed by atoms with E-state index in [1.54, 1.807) is 23.3 Å². The first-order valence-electron chi connectivity index (χ1n) is 4.89. The van der Waals surface area contributed by atoms with Crippen molar-refractivity contribution in [2.45, 2.75) is 19.9 Å². The topological polar surface area (TPSA) is 69.6 Å². The van der Waals surface area contributed by atoms with Crippen molar-refractivity contribution in [3.8, 4) is 5.95 Å². The Morgan fingerprint density at radius 3 is 2.67 bits per heavy atom. The maximum atomic E-state index is 5.47. The van der Waals surface area contributed by atoms with Crippen LogP contribution in [0.4, 0.5) is 0 Å². The average Bonchev–Trinajstić information content (AvgIpc) is 2.77. The van der Waals surface area contributed by atoms with Gasteiger partial charge in [-0.15, -0.1) is 0 Å². The Morgan fingerprint density at radius 2 is 2.07 bits per heavy atom. The molecule has 2 aromatic heterocycles. The van der Waals surface area contributed by atoms with Gasteiger partial charge in [-0.2, -0.15) is 5.10 Å². The van der Waals surface area contributed by atoms with Crippen LogP contribution < -0.4 is 5.73 Å². The van der Waals surface area contributed by atoms with Crippen molar-refractivity contribution >= 4 is 0 Å². The van der Waals surface area contributed by atoms with Crippen molar-refractivity contribution in [3.63, 3.8) is 0 Å². The maximum absolute atomic E-state index is 5.47. The van der Waals surface area contributed by atoms with Gasteiger partial charge in [0.05, 0.1) is 0 Å². The van der Waals surface area contributed by atoms with Crippen LogP contribution in [-0.2, 0) is 13.0 Å². The highest BCUT2D eigenvalue weighted by Gasteiger charge is 2.04. The molecule has 0 bridgehead atoms. The molecule has 5 heteroatoms. The molecule has 2 aromatic rings. The van der Waals surface area contributed by atoms with Crippen LogP contribution in [0.1, 0.15) is 18.2 Å². The van der Waals surface area contributed by atoms with Crippen LogP contribution >= 0.6 is 0 Å². The minimum Gasteiger partial charge on any atom is -0.326 e. The van der Waals surface area contributed by atoms with Crippen molar-refractivity contribution in [1.82, 2.24) is 19.7 Å². The molecule has 2 N–H and O–H groups in total. The second-order valence-corrected chi connectivity index (χ2v) is 3.18. The summed E-state index contributed by atoms with van der Waals surface area (Å²) in [5.74, 6) is 0.592. The highest BCUT2D eigenvalue weighted by atomic mass is 15.3. The standard InChI is InChI=1S/C10H13N5/c1-2-9-3-4-14-15(9)10-12-6-8(5-11)7-13-10/h3-4,6-7H,2,5,11H2,1H3. The van der Waals surface area contributed by atoms with Gasteiger partial charge in [-0.3, -0.25) is 0 Å². The van der Waals surface area contributed by atoms with E-state index in [0.29, 0.717) is 12.5 Å². The molecule has 2 heterocycles. The quantitative estimate of drug-likeness (QED) is 0.796. The third kappa shape index (κ3) is 1.87. The van der Waals surface area contributed by atoms with Crippen molar-refractivity contribution in [2.24, 2.45) is 5.73 Å². The molecule has 2 rings (SSSR count). The van der Waals surface area contributed by atoms with E-state index in [9.17, 15) is 0 Å². The van der Waals surface area contributed by atoms with Crippen LogP contribution in [0.5, 0.6) is 0 Å². The Morgan fingerprint density at radius 1 is 1.33 bits per heavy atom. The Labute approximate surface area is 88.0 Å². The summed E-state index contributed by atoms with van der Waals surface area (Å²) in [6.07, 6.45) is 6.11. The molecular formula is C10H13N5. The highest BCUT2D eigenvalue weighted by Crippen LogP contribution is 2.06. The average molecular weight is 203 g/mol. The molecule has 0 fully saturated rings. The number of aryl methyl sites for hydroxylation is 1. The number of nitrogens with two attached hydrogens (primary N) is 1. The fourth-order valence-electron chi connectivity index (χ4n) is 1.34. The molecule has 0 saturated heterocycles.